The van der Waals surface area contributed by atoms with Crippen molar-refractivity contribution in [2.45, 2.75) is 70.6 Å². The van der Waals surface area contributed by atoms with E-state index in [-0.39, 0.29) is 24.2 Å². The maximum atomic E-state index is 12.3. The van der Waals surface area contributed by atoms with E-state index < -0.39 is 17.8 Å². The lowest BCUT2D eigenvalue weighted by Crippen LogP contribution is -2.46. The molecule has 0 aromatic carbocycles. The van der Waals surface area contributed by atoms with Crippen LogP contribution in [0.25, 0.3) is 0 Å². The van der Waals surface area contributed by atoms with Crippen LogP contribution in [0.1, 0.15) is 52.4 Å². The van der Waals surface area contributed by atoms with Crippen LogP contribution in [0, 0.1) is 11.8 Å². The largest absolute Gasteiger partial charge is 0.481 e. The number of hydrogen-bond acceptors (Lipinski definition) is 3. The Morgan fingerprint density at radius 2 is 1.90 bits per heavy atom. The smallest absolute Gasteiger partial charge is 0.310 e. The van der Waals surface area contributed by atoms with Crippen LogP contribution in [0.4, 0.5) is 0 Å². The van der Waals surface area contributed by atoms with Gasteiger partial charge in [0.1, 0.15) is 0 Å². The molecule has 2 aliphatic rings. The first-order valence-corrected chi connectivity index (χ1v) is 7.73. The Bertz CT molecular complexity index is 371. The van der Waals surface area contributed by atoms with Gasteiger partial charge in [-0.25, -0.2) is 0 Å². The van der Waals surface area contributed by atoms with Crippen LogP contribution in [-0.2, 0) is 14.3 Å². The van der Waals surface area contributed by atoms with E-state index in [1.165, 1.54) is 0 Å². The fraction of sp³-hybridized carbons (Fsp3) is 0.867. The molecule has 2 heterocycles. The van der Waals surface area contributed by atoms with Crippen LogP contribution in [0.3, 0.4) is 0 Å². The molecule has 0 aromatic rings. The summed E-state index contributed by atoms with van der Waals surface area (Å²) in [4.78, 5) is 23.7. The Morgan fingerprint density at radius 3 is 2.50 bits per heavy atom. The zero-order valence-electron chi connectivity index (χ0n) is 12.3. The molecule has 114 valence electrons. The molecular weight excluding hydrogens is 258 g/mol. The van der Waals surface area contributed by atoms with Crippen molar-refractivity contribution in [3.8, 4) is 0 Å². The highest BCUT2D eigenvalue weighted by molar-refractivity contribution is 5.86. The van der Waals surface area contributed by atoms with Gasteiger partial charge in [-0.2, -0.15) is 0 Å². The predicted molar refractivity (Wildman–Crippen MR) is 74.3 cm³/mol. The topological polar surface area (TPSA) is 75.6 Å². The van der Waals surface area contributed by atoms with E-state index in [2.05, 4.69) is 12.2 Å². The lowest BCUT2D eigenvalue weighted by molar-refractivity contribution is -0.148. The van der Waals surface area contributed by atoms with Crippen molar-refractivity contribution in [3.63, 3.8) is 0 Å². The number of unbranched alkanes of at least 4 members (excludes halogenated alkanes) is 2. The van der Waals surface area contributed by atoms with Crippen molar-refractivity contribution >= 4 is 11.9 Å². The molecule has 0 saturated carbocycles. The van der Waals surface area contributed by atoms with Gasteiger partial charge >= 0.3 is 5.97 Å². The van der Waals surface area contributed by atoms with Crippen molar-refractivity contribution in [2.24, 2.45) is 11.8 Å². The molecule has 2 saturated heterocycles. The molecule has 0 spiro atoms. The molecule has 20 heavy (non-hydrogen) atoms. The first-order chi connectivity index (χ1) is 9.54. The van der Waals surface area contributed by atoms with Crippen LogP contribution in [-0.4, -0.2) is 35.2 Å². The molecule has 0 radical (unpaired) electrons. The fourth-order valence-electron chi connectivity index (χ4n) is 3.44. The van der Waals surface area contributed by atoms with Crippen LogP contribution < -0.4 is 5.32 Å². The average molecular weight is 283 g/mol. The summed E-state index contributed by atoms with van der Waals surface area (Å²) in [6, 6.07) is 0.0996. The average Bonchev–Trinajstić information content (AvgIpc) is 2.98. The Hall–Kier alpha value is -1.10. The zero-order chi connectivity index (χ0) is 14.7. The van der Waals surface area contributed by atoms with Gasteiger partial charge in [0.25, 0.3) is 0 Å². The molecule has 2 fully saturated rings. The SMILES string of the molecule is CCCCC[C@@H](C)NC(=O)[C@@H]1[C@@H](C(=O)O)[C@@H]2CC[C@@H]1O2. The third kappa shape index (κ3) is 3.14. The van der Waals surface area contributed by atoms with E-state index in [0.29, 0.717) is 0 Å². The molecule has 0 aliphatic carbocycles. The van der Waals surface area contributed by atoms with Gasteiger partial charge in [-0.3, -0.25) is 9.59 Å². The number of rotatable bonds is 7. The molecule has 0 unspecified atom stereocenters. The first kappa shape index (κ1) is 15.3. The molecule has 2 N–H and O–H groups in total. The summed E-state index contributed by atoms with van der Waals surface area (Å²) in [5, 5.41) is 12.3. The minimum absolute atomic E-state index is 0.0996. The zero-order valence-corrected chi connectivity index (χ0v) is 12.3. The van der Waals surface area contributed by atoms with E-state index in [1.807, 2.05) is 6.92 Å². The number of carbonyl (C=O) groups is 2. The number of hydrogen-bond donors (Lipinski definition) is 2. The lowest BCUT2D eigenvalue weighted by Gasteiger charge is -2.25. The minimum Gasteiger partial charge on any atom is -0.481 e. The van der Waals surface area contributed by atoms with E-state index in [4.69, 9.17) is 4.74 Å². The summed E-state index contributed by atoms with van der Waals surface area (Å²) in [6.45, 7) is 4.13. The van der Waals surface area contributed by atoms with Crippen molar-refractivity contribution in [2.75, 3.05) is 0 Å². The van der Waals surface area contributed by atoms with Crippen LogP contribution in [0.15, 0.2) is 0 Å². The third-order valence-corrected chi connectivity index (χ3v) is 4.49. The van der Waals surface area contributed by atoms with E-state index in [1.54, 1.807) is 0 Å². The molecule has 2 rings (SSSR count). The van der Waals surface area contributed by atoms with Crippen LogP contribution >= 0.6 is 0 Å². The maximum absolute atomic E-state index is 12.3. The van der Waals surface area contributed by atoms with Gasteiger partial charge in [0.2, 0.25) is 5.91 Å². The highest BCUT2D eigenvalue weighted by Gasteiger charge is 2.55. The normalized spacial score (nSPS) is 33.1. The van der Waals surface area contributed by atoms with Gasteiger partial charge in [-0.15, -0.1) is 0 Å². The standard InChI is InChI=1S/C15H25NO4/c1-3-4-5-6-9(2)16-14(17)12-10-7-8-11(20-10)13(12)15(18)19/h9-13H,3-8H2,1-2H3,(H,16,17)(H,18,19)/t9-,10+,11+,12+,13+/m1/s1. The number of carboxylic acids is 1. The van der Waals surface area contributed by atoms with Crippen LogP contribution in [0.2, 0.25) is 0 Å². The molecule has 0 aromatic heterocycles. The second kappa shape index (κ2) is 6.57. The first-order valence-electron chi connectivity index (χ1n) is 7.73. The molecule has 1 amide bonds. The van der Waals surface area contributed by atoms with Crippen LogP contribution in [0.5, 0.6) is 0 Å². The monoisotopic (exact) mass is 283 g/mol. The summed E-state index contributed by atoms with van der Waals surface area (Å²) < 4.78 is 5.62. The second-order valence-electron chi connectivity index (χ2n) is 6.09. The van der Waals surface area contributed by atoms with Gasteiger partial charge in [0.05, 0.1) is 24.0 Å². The summed E-state index contributed by atoms with van der Waals surface area (Å²) in [7, 11) is 0. The maximum Gasteiger partial charge on any atom is 0.310 e. The summed E-state index contributed by atoms with van der Waals surface area (Å²) in [5.41, 5.74) is 0. The summed E-state index contributed by atoms with van der Waals surface area (Å²) in [6.07, 6.45) is 5.44. The van der Waals surface area contributed by atoms with Gasteiger partial charge in [-0.05, 0) is 26.2 Å². The van der Waals surface area contributed by atoms with Crippen molar-refractivity contribution in [3.05, 3.63) is 0 Å². The molecule has 2 bridgehead atoms. The Labute approximate surface area is 120 Å². The predicted octanol–water partition coefficient (Wildman–Crippen LogP) is 1.95. The Kier molecular flexibility index (Phi) is 5.02. The van der Waals surface area contributed by atoms with Gasteiger partial charge in [0, 0.05) is 6.04 Å². The van der Waals surface area contributed by atoms with Gasteiger partial charge in [-0.1, -0.05) is 26.2 Å². The summed E-state index contributed by atoms with van der Waals surface area (Å²) >= 11 is 0. The molecule has 5 atom stereocenters. The van der Waals surface area contributed by atoms with Crippen molar-refractivity contribution < 1.29 is 19.4 Å². The summed E-state index contributed by atoms with van der Waals surface area (Å²) in [5.74, 6) is -2.24. The fourth-order valence-corrected chi connectivity index (χ4v) is 3.44. The number of ether oxygens (including phenoxy) is 1. The van der Waals surface area contributed by atoms with Gasteiger partial charge < -0.3 is 15.2 Å². The highest BCUT2D eigenvalue weighted by atomic mass is 16.5. The van der Waals surface area contributed by atoms with Gasteiger partial charge in [0.15, 0.2) is 0 Å². The minimum atomic E-state index is -0.906. The Morgan fingerprint density at radius 1 is 1.25 bits per heavy atom. The lowest BCUT2D eigenvalue weighted by atomic mass is 9.78. The Balaban J connectivity index is 1.89. The number of carbonyl (C=O) groups excluding carboxylic acids is 1. The number of amides is 1. The second-order valence-corrected chi connectivity index (χ2v) is 6.09. The van der Waals surface area contributed by atoms with E-state index in [9.17, 15) is 14.7 Å². The molecule has 5 heteroatoms. The number of carboxylic acid groups (broad SMARTS) is 1. The molecular formula is C15H25NO4. The van der Waals surface area contributed by atoms with E-state index in [0.717, 1.165) is 38.5 Å². The highest BCUT2D eigenvalue weighted by Crippen LogP contribution is 2.43. The number of nitrogens with one attached hydrogen (secondary N) is 1. The number of fused-ring (bicyclic) bond motifs is 2. The van der Waals surface area contributed by atoms with E-state index >= 15 is 0 Å². The molecule has 2 aliphatic heterocycles. The number of aliphatic carboxylic acids is 1. The quantitative estimate of drug-likeness (QED) is 0.700. The van der Waals surface area contributed by atoms with Crippen molar-refractivity contribution in [1.29, 1.82) is 0 Å². The molecule has 5 nitrogen and oxygen atoms in total. The van der Waals surface area contributed by atoms with Crippen molar-refractivity contribution in [1.82, 2.24) is 5.32 Å². The third-order valence-electron chi connectivity index (χ3n) is 4.49.